The van der Waals surface area contributed by atoms with Crippen molar-refractivity contribution in [2.24, 2.45) is 0 Å². The van der Waals surface area contributed by atoms with Crippen LogP contribution in [0.2, 0.25) is 0 Å². The quantitative estimate of drug-likeness (QED) is 0.837. The van der Waals surface area contributed by atoms with Crippen LogP contribution in [0.5, 0.6) is 17.2 Å². The van der Waals surface area contributed by atoms with Gasteiger partial charge in [0.05, 0.1) is 0 Å². The molecule has 0 radical (unpaired) electrons. The minimum atomic E-state index is 0.133. The van der Waals surface area contributed by atoms with Crippen molar-refractivity contribution in [2.75, 3.05) is 12.1 Å². The number of aryl methyl sites for hydroxylation is 1. The first-order valence-corrected chi connectivity index (χ1v) is 6.59. The molecule has 1 unspecified atom stereocenters. The highest BCUT2D eigenvalue weighted by Crippen LogP contribution is 2.35. The molecule has 1 aliphatic heterocycles. The van der Waals surface area contributed by atoms with Gasteiger partial charge in [0.25, 0.3) is 0 Å². The average Bonchev–Trinajstić information content (AvgIpc) is 2.90. The van der Waals surface area contributed by atoms with Crippen molar-refractivity contribution in [1.29, 1.82) is 0 Å². The van der Waals surface area contributed by atoms with Gasteiger partial charge in [-0.2, -0.15) is 0 Å². The maximum absolute atomic E-state index is 9.54. The lowest BCUT2D eigenvalue weighted by Crippen LogP contribution is -2.06. The van der Waals surface area contributed by atoms with Crippen LogP contribution in [0.15, 0.2) is 36.4 Å². The SMILES string of the molecule is Cc1cc(NC(C)c2ccc3c(c2)OCO3)ccc1O. The summed E-state index contributed by atoms with van der Waals surface area (Å²) in [7, 11) is 0. The Morgan fingerprint density at radius 1 is 1.10 bits per heavy atom. The second-order valence-corrected chi connectivity index (χ2v) is 4.98. The van der Waals surface area contributed by atoms with Gasteiger partial charge in [-0.3, -0.25) is 0 Å². The molecule has 0 bridgehead atoms. The van der Waals surface area contributed by atoms with Gasteiger partial charge in [-0.25, -0.2) is 0 Å². The summed E-state index contributed by atoms with van der Waals surface area (Å²) in [5.74, 6) is 1.89. The van der Waals surface area contributed by atoms with E-state index in [0.717, 1.165) is 28.3 Å². The minimum absolute atomic E-state index is 0.133. The summed E-state index contributed by atoms with van der Waals surface area (Å²) in [6.45, 7) is 4.25. The third kappa shape index (κ3) is 2.37. The molecule has 2 aromatic carbocycles. The van der Waals surface area contributed by atoms with Gasteiger partial charge in [0, 0.05) is 11.7 Å². The summed E-state index contributed by atoms with van der Waals surface area (Å²) in [5.41, 5.74) is 2.96. The number of benzene rings is 2. The minimum Gasteiger partial charge on any atom is -0.508 e. The Kier molecular flexibility index (Phi) is 3.14. The van der Waals surface area contributed by atoms with Crippen LogP contribution < -0.4 is 14.8 Å². The molecule has 0 aromatic heterocycles. The molecule has 0 fully saturated rings. The Bertz CT molecular complexity index is 640. The van der Waals surface area contributed by atoms with Gasteiger partial charge < -0.3 is 19.9 Å². The average molecular weight is 271 g/mol. The summed E-state index contributed by atoms with van der Waals surface area (Å²) in [6, 6.07) is 11.6. The van der Waals surface area contributed by atoms with Crippen LogP contribution in [0, 0.1) is 6.92 Å². The van der Waals surface area contributed by atoms with Gasteiger partial charge in [0.1, 0.15) is 5.75 Å². The molecule has 4 heteroatoms. The van der Waals surface area contributed by atoms with Crippen molar-refractivity contribution in [3.63, 3.8) is 0 Å². The molecule has 0 saturated heterocycles. The van der Waals surface area contributed by atoms with E-state index in [9.17, 15) is 5.11 Å². The smallest absolute Gasteiger partial charge is 0.231 e. The second-order valence-electron chi connectivity index (χ2n) is 4.98. The van der Waals surface area contributed by atoms with Gasteiger partial charge in [0.2, 0.25) is 6.79 Å². The Hall–Kier alpha value is -2.36. The molecule has 0 spiro atoms. The molecule has 104 valence electrons. The van der Waals surface area contributed by atoms with E-state index in [1.807, 2.05) is 37.3 Å². The normalized spacial score (nSPS) is 14.1. The maximum atomic E-state index is 9.54. The molecule has 4 nitrogen and oxygen atoms in total. The maximum Gasteiger partial charge on any atom is 0.231 e. The molecule has 1 heterocycles. The van der Waals surface area contributed by atoms with Gasteiger partial charge in [-0.05, 0) is 55.3 Å². The van der Waals surface area contributed by atoms with E-state index >= 15 is 0 Å². The molecule has 1 atom stereocenters. The largest absolute Gasteiger partial charge is 0.508 e. The number of aromatic hydroxyl groups is 1. The van der Waals surface area contributed by atoms with E-state index in [2.05, 4.69) is 12.2 Å². The predicted octanol–water partition coefficient (Wildman–Crippen LogP) is 3.60. The number of phenolic OH excluding ortho intramolecular Hbond substituents is 1. The Morgan fingerprint density at radius 2 is 1.90 bits per heavy atom. The fourth-order valence-electron chi connectivity index (χ4n) is 2.26. The van der Waals surface area contributed by atoms with Crippen molar-refractivity contribution in [1.82, 2.24) is 0 Å². The monoisotopic (exact) mass is 271 g/mol. The Labute approximate surface area is 118 Å². The summed E-state index contributed by atoms with van der Waals surface area (Å²) in [4.78, 5) is 0. The number of hydrogen-bond donors (Lipinski definition) is 2. The lowest BCUT2D eigenvalue weighted by atomic mass is 10.1. The van der Waals surface area contributed by atoms with Crippen molar-refractivity contribution in [2.45, 2.75) is 19.9 Å². The van der Waals surface area contributed by atoms with E-state index in [1.165, 1.54) is 0 Å². The van der Waals surface area contributed by atoms with Crippen LogP contribution in [0.25, 0.3) is 0 Å². The van der Waals surface area contributed by atoms with E-state index in [0.29, 0.717) is 5.75 Å². The van der Waals surface area contributed by atoms with Crippen molar-refractivity contribution < 1.29 is 14.6 Å². The molecule has 0 amide bonds. The summed E-state index contributed by atoms with van der Waals surface area (Å²) < 4.78 is 10.7. The number of nitrogens with one attached hydrogen (secondary N) is 1. The predicted molar refractivity (Wildman–Crippen MR) is 77.4 cm³/mol. The topological polar surface area (TPSA) is 50.7 Å². The molecule has 0 aliphatic carbocycles. The number of anilines is 1. The van der Waals surface area contributed by atoms with Gasteiger partial charge >= 0.3 is 0 Å². The first kappa shape index (κ1) is 12.7. The molecular formula is C16H17NO3. The van der Waals surface area contributed by atoms with Crippen LogP contribution in [-0.4, -0.2) is 11.9 Å². The molecular weight excluding hydrogens is 254 g/mol. The third-order valence-electron chi connectivity index (χ3n) is 3.48. The fraction of sp³-hybridized carbons (Fsp3) is 0.250. The number of hydrogen-bond acceptors (Lipinski definition) is 4. The molecule has 1 aliphatic rings. The standard InChI is InChI=1S/C16H17NO3/c1-10-7-13(4-5-14(10)18)17-11(2)12-3-6-15-16(8-12)20-9-19-15/h3-8,11,17-18H,9H2,1-2H3. The van der Waals surface area contributed by atoms with Crippen molar-refractivity contribution in [3.05, 3.63) is 47.5 Å². The van der Waals surface area contributed by atoms with Crippen LogP contribution in [-0.2, 0) is 0 Å². The highest BCUT2D eigenvalue weighted by molar-refractivity contribution is 5.53. The van der Waals surface area contributed by atoms with Crippen LogP contribution in [0.1, 0.15) is 24.1 Å². The van der Waals surface area contributed by atoms with Crippen LogP contribution in [0.4, 0.5) is 5.69 Å². The first-order chi connectivity index (χ1) is 9.63. The molecule has 2 N–H and O–H groups in total. The van der Waals surface area contributed by atoms with E-state index < -0.39 is 0 Å². The van der Waals surface area contributed by atoms with Gasteiger partial charge in [-0.15, -0.1) is 0 Å². The summed E-state index contributed by atoms with van der Waals surface area (Å²) in [5, 5.41) is 13.0. The molecule has 3 rings (SSSR count). The van der Waals surface area contributed by atoms with Crippen LogP contribution in [0.3, 0.4) is 0 Å². The van der Waals surface area contributed by atoms with Gasteiger partial charge in [-0.1, -0.05) is 6.07 Å². The van der Waals surface area contributed by atoms with E-state index in [-0.39, 0.29) is 12.8 Å². The zero-order chi connectivity index (χ0) is 14.1. The van der Waals surface area contributed by atoms with E-state index in [4.69, 9.17) is 9.47 Å². The molecule has 2 aromatic rings. The fourth-order valence-corrected chi connectivity index (χ4v) is 2.26. The molecule has 0 saturated carbocycles. The lowest BCUT2D eigenvalue weighted by molar-refractivity contribution is 0.174. The van der Waals surface area contributed by atoms with Gasteiger partial charge in [0.15, 0.2) is 11.5 Å². The lowest BCUT2D eigenvalue weighted by Gasteiger charge is -2.16. The van der Waals surface area contributed by atoms with E-state index in [1.54, 1.807) is 6.07 Å². The summed E-state index contributed by atoms with van der Waals surface area (Å²) >= 11 is 0. The van der Waals surface area contributed by atoms with Crippen molar-refractivity contribution >= 4 is 5.69 Å². The number of ether oxygens (including phenoxy) is 2. The zero-order valence-corrected chi connectivity index (χ0v) is 11.5. The second kappa shape index (κ2) is 4.96. The third-order valence-corrected chi connectivity index (χ3v) is 3.48. The van der Waals surface area contributed by atoms with Crippen molar-refractivity contribution in [3.8, 4) is 17.2 Å². The molecule has 20 heavy (non-hydrogen) atoms. The summed E-state index contributed by atoms with van der Waals surface area (Å²) in [6.07, 6.45) is 0. The number of phenols is 1. The Balaban J connectivity index is 1.78. The first-order valence-electron chi connectivity index (χ1n) is 6.59. The number of fused-ring (bicyclic) bond motifs is 1. The number of rotatable bonds is 3. The highest BCUT2D eigenvalue weighted by Gasteiger charge is 2.15. The van der Waals surface area contributed by atoms with Crippen LogP contribution >= 0.6 is 0 Å². The zero-order valence-electron chi connectivity index (χ0n) is 11.5. The Morgan fingerprint density at radius 3 is 2.70 bits per heavy atom. The highest BCUT2D eigenvalue weighted by atomic mass is 16.7.